The van der Waals surface area contributed by atoms with E-state index in [1.165, 1.54) is 6.33 Å². The van der Waals surface area contributed by atoms with E-state index < -0.39 is 11.4 Å². The molecule has 186 valence electrons. The van der Waals surface area contributed by atoms with Gasteiger partial charge in [0.25, 0.3) is 0 Å². The molecule has 2 N–H and O–H groups in total. The van der Waals surface area contributed by atoms with E-state index in [1.807, 2.05) is 39.5 Å². The maximum Gasteiger partial charge on any atom is 0.410 e. The largest absolute Gasteiger partial charge is 0.444 e. The molecule has 3 fully saturated rings. The van der Waals surface area contributed by atoms with Gasteiger partial charge >= 0.3 is 6.09 Å². The Bertz CT molecular complexity index is 1090. The van der Waals surface area contributed by atoms with Gasteiger partial charge in [0.05, 0.1) is 17.5 Å². The van der Waals surface area contributed by atoms with Gasteiger partial charge in [-0.05, 0) is 88.3 Å². The number of carbonyl (C=O) groups is 1. The molecule has 10 heteroatoms. The number of fused-ring (bicyclic) bond motifs is 2. The van der Waals surface area contributed by atoms with Crippen LogP contribution in [0.4, 0.5) is 10.6 Å². The zero-order chi connectivity index (χ0) is 24.4. The lowest BCUT2D eigenvalue weighted by atomic mass is 9.82. The maximum absolute atomic E-state index is 12.5. The van der Waals surface area contributed by atoms with Crippen molar-refractivity contribution in [1.82, 2.24) is 19.4 Å². The molecule has 0 bridgehead atoms. The van der Waals surface area contributed by atoms with Crippen molar-refractivity contribution in [2.75, 3.05) is 18.8 Å². The Kier molecular flexibility index (Phi) is 6.00. The summed E-state index contributed by atoms with van der Waals surface area (Å²) in [7, 11) is 0. The lowest BCUT2D eigenvalue weighted by molar-refractivity contribution is -0.163. The van der Waals surface area contributed by atoms with Crippen LogP contribution in [0, 0.1) is 15.4 Å². The van der Waals surface area contributed by atoms with Crippen LogP contribution in [0.1, 0.15) is 59.9 Å². The molecule has 3 aliphatic rings. The van der Waals surface area contributed by atoms with E-state index in [-0.39, 0.29) is 24.3 Å². The molecular weight excluding hydrogens is 549 g/mol. The van der Waals surface area contributed by atoms with Gasteiger partial charge in [0, 0.05) is 22.9 Å². The van der Waals surface area contributed by atoms with Crippen LogP contribution >= 0.6 is 22.6 Å². The van der Waals surface area contributed by atoms with Gasteiger partial charge in [0.2, 0.25) is 0 Å². The lowest BCUT2D eigenvalue weighted by Gasteiger charge is -2.37. The summed E-state index contributed by atoms with van der Waals surface area (Å²) >= 11 is 2.30. The minimum absolute atomic E-state index is 0.00683. The van der Waals surface area contributed by atoms with Crippen molar-refractivity contribution in [2.24, 2.45) is 11.8 Å². The number of ether oxygens (including phenoxy) is 3. The summed E-state index contributed by atoms with van der Waals surface area (Å²) in [6.45, 7) is 11.1. The van der Waals surface area contributed by atoms with E-state index in [2.05, 4.69) is 43.3 Å². The number of aromatic nitrogens is 3. The predicted molar refractivity (Wildman–Crippen MR) is 136 cm³/mol. The number of nitrogens with two attached hydrogens (primary N) is 1. The van der Waals surface area contributed by atoms with Crippen molar-refractivity contribution in [2.45, 2.75) is 83.5 Å². The number of anilines is 1. The Morgan fingerprint density at radius 2 is 1.88 bits per heavy atom. The molecule has 34 heavy (non-hydrogen) atoms. The number of amides is 1. The number of nitrogen functional groups attached to an aromatic ring is 1. The Balaban J connectivity index is 1.37. The average molecular weight is 583 g/mol. The maximum atomic E-state index is 12.5. The van der Waals surface area contributed by atoms with E-state index in [0.29, 0.717) is 30.7 Å². The molecule has 2 aromatic heterocycles. The second-order valence-corrected chi connectivity index (χ2v) is 12.3. The second kappa shape index (κ2) is 8.48. The van der Waals surface area contributed by atoms with Gasteiger partial charge in [-0.3, -0.25) is 0 Å². The molecule has 2 aromatic rings. The summed E-state index contributed by atoms with van der Waals surface area (Å²) in [4.78, 5) is 23.1. The fraction of sp³-hybridized carbons (Fsp3) is 0.708. The zero-order valence-electron chi connectivity index (χ0n) is 20.5. The Morgan fingerprint density at radius 3 is 2.56 bits per heavy atom. The van der Waals surface area contributed by atoms with Gasteiger partial charge in [-0.25, -0.2) is 14.8 Å². The molecule has 2 aliphatic heterocycles. The van der Waals surface area contributed by atoms with Crippen LogP contribution in [0.25, 0.3) is 11.0 Å². The summed E-state index contributed by atoms with van der Waals surface area (Å²) < 4.78 is 21.8. The first kappa shape index (κ1) is 24.1. The molecule has 0 radical (unpaired) electrons. The van der Waals surface area contributed by atoms with E-state index in [1.54, 1.807) is 0 Å². The van der Waals surface area contributed by atoms with Crippen molar-refractivity contribution in [1.29, 1.82) is 0 Å². The fourth-order valence-electron chi connectivity index (χ4n) is 5.88. The molecule has 2 saturated heterocycles. The molecule has 0 aromatic carbocycles. The number of carbonyl (C=O) groups excluding carboxylic acids is 1. The summed E-state index contributed by atoms with van der Waals surface area (Å²) in [5.41, 5.74) is 6.53. The first-order chi connectivity index (χ1) is 15.9. The van der Waals surface area contributed by atoms with Crippen LogP contribution in [-0.4, -0.2) is 62.2 Å². The highest BCUT2D eigenvalue weighted by molar-refractivity contribution is 14.1. The molecule has 4 heterocycles. The molecule has 0 unspecified atom stereocenters. The number of nitrogens with zero attached hydrogens (tertiary/aromatic N) is 4. The molecule has 1 saturated carbocycles. The van der Waals surface area contributed by atoms with Gasteiger partial charge in [-0.15, -0.1) is 0 Å². The molecule has 1 amide bonds. The SMILES string of the molecule is CC(C)(C)OC(=O)N1CCC([C@H]2C[C@@H](n3cc(I)c4c(N)ncnc43)[C@@H]3OC(C)(C)O[C@@H]32)CC1. The third-order valence-corrected chi connectivity index (χ3v) is 8.04. The van der Waals surface area contributed by atoms with Crippen LogP contribution in [0.3, 0.4) is 0 Å². The van der Waals surface area contributed by atoms with Crippen molar-refractivity contribution in [3.8, 4) is 0 Å². The van der Waals surface area contributed by atoms with E-state index in [9.17, 15) is 4.79 Å². The molecule has 4 atom stereocenters. The van der Waals surface area contributed by atoms with E-state index >= 15 is 0 Å². The Labute approximate surface area is 213 Å². The lowest BCUT2D eigenvalue weighted by Crippen LogP contribution is -2.44. The average Bonchev–Trinajstić information content (AvgIpc) is 3.35. The van der Waals surface area contributed by atoms with Gasteiger partial charge in [0.15, 0.2) is 5.79 Å². The standard InChI is InChI=1S/C24H34IN5O4/c1-23(2,3)34-22(31)29-8-6-13(7-9-29)14-10-16(19-18(14)32-24(4,5)33-19)30-11-15(25)17-20(26)27-12-28-21(17)30/h11-14,16,18-19H,6-10H2,1-5H3,(H2,26,27,28)/t14-,16-,18-,19+/m1/s1. The predicted octanol–water partition coefficient (Wildman–Crippen LogP) is 4.35. The minimum atomic E-state index is -0.631. The first-order valence-corrected chi connectivity index (χ1v) is 13.1. The molecule has 1 aliphatic carbocycles. The van der Waals surface area contributed by atoms with Crippen LogP contribution in [0.5, 0.6) is 0 Å². The van der Waals surface area contributed by atoms with Crippen molar-refractivity contribution < 1.29 is 19.0 Å². The van der Waals surface area contributed by atoms with Gasteiger partial charge in [-0.2, -0.15) is 0 Å². The highest BCUT2D eigenvalue weighted by atomic mass is 127. The van der Waals surface area contributed by atoms with Crippen molar-refractivity contribution in [3.63, 3.8) is 0 Å². The highest BCUT2D eigenvalue weighted by Gasteiger charge is 2.56. The van der Waals surface area contributed by atoms with Crippen molar-refractivity contribution >= 4 is 45.5 Å². The van der Waals surface area contributed by atoms with Crippen LogP contribution < -0.4 is 5.73 Å². The van der Waals surface area contributed by atoms with Gasteiger partial charge in [0.1, 0.15) is 29.5 Å². The van der Waals surface area contributed by atoms with E-state index in [4.69, 9.17) is 19.9 Å². The molecule has 0 spiro atoms. The number of halogens is 1. The molecule has 5 rings (SSSR count). The van der Waals surface area contributed by atoms with Gasteiger partial charge in [-0.1, -0.05) is 0 Å². The smallest absolute Gasteiger partial charge is 0.410 e. The number of likely N-dealkylation sites (tertiary alicyclic amines) is 1. The monoisotopic (exact) mass is 583 g/mol. The van der Waals surface area contributed by atoms with Crippen LogP contribution in [-0.2, 0) is 14.2 Å². The first-order valence-electron chi connectivity index (χ1n) is 12.0. The van der Waals surface area contributed by atoms with Crippen LogP contribution in [0.15, 0.2) is 12.5 Å². The zero-order valence-corrected chi connectivity index (χ0v) is 22.6. The number of hydrogen-bond donors (Lipinski definition) is 1. The van der Waals surface area contributed by atoms with Crippen LogP contribution in [0.2, 0.25) is 0 Å². The minimum Gasteiger partial charge on any atom is -0.444 e. The summed E-state index contributed by atoms with van der Waals surface area (Å²) in [6.07, 6.45) is 6.16. The Morgan fingerprint density at radius 1 is 1.21 bits per heavy atom. The second-order valence-electron chi connectivity index (χ2n) is 11.2. The van der Waals surface area contributed by atoms with Gasteiger partial charge < -0.3 is 29.4 Å². The Hall–Kier alpha value is -1.66. The third kappa shape index (κ3) is 4.37. The van der Waals surface area contributed by atoms with E-state index in [0.717, 1.165) is 33.9 Å². The summed E-state index contributed by atoms with van der Waals surface area (Å²) in [6, 6.07) is 0.0981. The number of hydrogen-bond acceptors (Lipinski definition) is 7. The summed E-state index contributed by atoms with van der Waals surface area (Å²) in [5, 5.41) is 0.895. The quantitative estimate of drug-likeness (QED) is 0.525. The molecule has 9 nitrogen and oxygen atoms in total. The molecular formula is C24H34IN5O4. The number of piperidine rings is 1. The topological polar surface area (TPSA) is 105 Å². The fourth-order valence-corrected chi connectivity index (χ4v) is 6.69. The van der Waals surface area contributed by atoms with Crippen molar-refractivity contribution in [3.05, 3.63) is 16.1 Å². The normalized spacial score (nSPS) is 29.5. The number of rotatable bonds is 2. The summed E-state index contributed by atoms with van der Waals surface area (Å²) in [5.74, 6) is 0.659. The highest BCUT2D eigenvalue weighted by Crippen LogP contribution is 2.52. The third-order valence-electron chi connectivity index (χ3n) is 7.22.